The third-order valence-corrected chi connectivity index (χ3v) is 4.60. The summed E-state index contributed by atoms with van der Waals surface area (Å²) in [4.78, 5) is 18.5. The fraction of sp³-hybridized carbons (Fsp3) is 0.222. The summed E-state index contributed by atoms with van der Waals surface area (Å²) in [6, 6.07) is 7.77. The van der Waals surface area contributed by atoms with Crippen molar-refractivity contribution < 1.29 is 9.18 Å². The number of carbonyl (C=O) groups is 1. The highest BCUT2D eigenvalue weighted by molar-refractivity contribution is 6.30. The molecule has 0 aliphatic rings. The van der Waals surface area contributed by atoms with Gasteiger partial charge in [0.1, 0.15) is 5.82 Å². The Labute approximate surface area is 155 Å². The summed E-state index contributed by atoms with van der Waals surface area (Å²) >= 11 is 5.83. The van der Waals surface area contributed by atoms with E-state index in [4.69, 9.17) is 11.6 Å². The van der Waals surface area contributed by atoms with E-state index in [9.17, 15) is 9.18 Å². The maximum atomic E-state index is 13.4. The van der Waals surface area contributed by atoms with E-state index in [1.165, 1.54) is 22.9 Å². The molecule has 134 valence electrons. The lowest BCUT2D eigenvalue weighted by atomic mass is 10.1. The highest BCUT2D eigenvalue weighted by Gasteiger charge is 2.25. The van der Waals surface area contributed by atoms with Gasteiger partial charge in [0.15, 0.2) is 5.69 Å². The van der Waals surface area contributed by atoms with Crippen LogP contribution in [0.5, 0.6) is 0 Å². The highest BCUT2D eigenvalue weighted by atomic mass is 35.5. The first kappa shape index (κ1) is 18.0. The quantitative estimate of drug-likeness (QED) is 0.701. The second-order valence-corrected chi connectivity index (χ2v) is 6.32. The Hall–Kier alpha value is -2.80. The van der Waals surface area contributed by atoms with Crippen molar-refractivity contribution in [1.29, 1.82) is 0 Å². The lowest BCUT2D eigenvalue weighted by Gasteiger charge is -2.24. The molecule has 2 aromatic heterocycles. The predicted molar refractivity (Wildman–Crippen MR) is 95.8 cm³/mol. The number of nitrogens with zero attached hydrogens (tertiary/aromatic N) is 5. The monoisotopic (exact) mass is 373 g/mol. The second kappa shape index (κ2) is 7.21. The number of rotatable bonds is 4. The van der Waals surface area contributed by atoms with Gasteiger partial charge in [0.2, 0.25) is 0 Å². The van der Waals surface area contributed by atoms with Crippen LogP contribution < -0.4 is 0 Å². The van der Waals surface area contributed by atoms with Gasteiger partial charge in [0.25, 0.3) is 5.91 Å². The summed E-state index contributed by atoms with van der Waals surface area (Å²) < 4.78 is 14.8. The third kappa shape index (κ3) is 3.30. The molecule has 0 aliphatic heterocycles. The molecule has 26 heavy (non-hydrogen) atoms. The number of aromatic nitrogens is 4. The molecule has 0 saturated carbocycles. The minimum absolute atomic E-state index is 0.0207. The van der Waals surface area contributed by atoms with E-state index in [0.29, 0.717) is 11.4 Å². The van der Waals surface area contributed by atoms with Crippen molar-refractivity contribution >= 4 is 17.5 Å². The van der Waals surface area contributed by atoms with Crippen LogP contribution in [0, 0.1) is 12.7 Å². The number of amides is 1. The second-order valence-electron chi connectivity index (χ2n) is 5.91. The minimum atomic E-state index is -0.519. The standard InChI is InChI=1S/C18H17ClFN5O/c1-11(13-5-4-8-21-10-13)24(3)18(26)17-12(2)25(23-22-17)14-6-7-16(20)15(19)9-14/h4-11H,1-3H3. The smallest absolute Gasteiger partial charge is 0.276 e. The zero-order chi connectivity index (χ0) is 18.8. The van der Waals surface area contributed by atoms with Gasteiger partial charge in [-0.2, -0.15) is 0 Å². The van der Waals surface area contributed by atoms with Gasteiger partial charge in [-0.05, 0) is 43.7 Å². The van der Waals surface area contributed by atoms with Gasteiger partial charge in [-0.3, -0.25) is 9.78 Å². The van der Waals surface area contributed by atoms with Crippen LogP contribution in [-0.2, 0) is 0 Å². The molecule has 0 N–H and O–H groups in total. The van der Waals surface area contributed by atoms with Crippen LogP contribution in [0.25, 0.3) is 5.69 Å². The Bertz CT molecular complexity index is 944. The Kier molecular flexibility index (Phi) is 4.99. The highest BCUT2D eigenvalue weighted by Crippen LogP contribution is 2.23. The lowest BCUT2D eigenvalue weighted by Crippen LogP contribution is -2.30. The summed E-state index contributed by atoms with van der Waals surface area (Å²) in [6.45, 7) is 3.64. The number of benzene rings is 1. The van der Waals surface area contributed by atoms with E-state index >= 15 is 0 Å². The first-order valence-corrected chi connectivity index (χ1v) is 8.32. The lowest BCUT2D eigenvalue weighted by molar-refractivity contribution is 0.0735. The van der Waals surface area contributed by atoms with Crippen molar-refractivity contribution in [2.75, 3.05) is 7.05 Å². The number of hydrogen-bond donors (Lipinski definition) is 0. The van der Waals surface area contributed by atoms with Gasteiger partial charge in [-0.15, -0.1) is 5.10 Å². The van der Waals surface area contributed by atoms with E-state index in [1.54, 1.807) is 31.3 Å². The van der Waals surface area contributed by atoms with E-state index in [2.05, 4.69) is 15.3 Å². The predicted octanol–water partition coefficient (Wildman–Crippen LogP) is 3.60. The van der Waals surface area contributed by atoms with Crippen LogP contribution >= 0.6 is 11.6 Å². The van der Waals surface area contributed by atoms with Gasteiger partial charge in [0.05, 0.1) is 22.4 Å². The third-order valence-electron chi connectivity index (χ3n) is 4.31. The van der Waals surface area contributed by atoms with Crippen molar-refractivity contribution in [2.24, 2.45) is 0 Å². The molecule has 6 nitrogen and oxygen atoms in total. The molecule has 1 unspecified atom stereocenters. The number of hydrogen-bond acceptors (Lipinski definition) is 4. The maximum Gasteiger partial charge on any atom is 0.276 e. The van der Waals surface area contributed by atoms with Crippen LogP contribution in [-0.4, -0.2) is 37.8 Å². The van der Waals surface area contributed by atoms with Gasteiger partial charge in [-0.25, -0.2) is 9.07 Å². The molecule has 1 aromatic carbocycles. The maximum absolute atomic E-state index is 13.4. The van der Waals surface area contributed by atoms with E-state index < -0.39 is 5.82 Å². The fourth-order valence-corrected chi connectivity index (χ4v) is 2.75. The Morgan fingerprint density at radius 1 is 1.35 bits per heavy atom. The molecule has 0 fully saturated rings. The molecule has 2 heterocycles. The van der Waals surface area contributed by atoms with E-state index in [-0.39, 0.29) is 22.7 Å². The van der Waals surface area contributed by atoms with Crippen LogP contribution in [0.4, 0.5) is 4.39 Å². The average molecular weight is 374 g/mol. The molecule has 0 radical (unpaired) electrons. The first-order valence-electron chi connectivity index (χ1n) is 7.95. The summed E-state index contributed by atoms with van der Waals surface area (Å²) in [5.74, 6) is -0.784. The van der Waals surface area contributed by atoms with Crippen LogP contribution in [0.2, 0.25) is 5.02 Å². The van der Waals surface area contributed by atoms with Crippen molar-refractivity contribution in [1.82, 2.24) is 24.9 Å². The van der Waals surface area contributed by atoms with Crippen molar-refractivity contribution in [3.63, 3.8) is 0 Å². The van der Waals surface area contributed by atoms with Gasteiger partial charge >= 0.3 is 0 Å². The molecule has 1 atom stereocenters. The fourth-order valence-electron chi connectivity index (χ4n) is 2.58. The molecule has 0 spiro atoms. The number of pyridine rings is 1. The van der Waals surface area contributed by atoms with Gasteiger partial charge in [0, 0.05) is 19.4 Å². The first-order chi connectivity index (χ1) is 12.4. The molecule has 0 aliphatic carbocycles. The molecule has 1 amide bonds. The summed E-state index contributed by atoms with van der Waals surface area (Å²) in [5.41, 5.74) is 2.22. The largest absolute Gasteiger partial charge is 0.333 e. The zero-order valence-electron chi connectivity index (χ0n) is 14.5. The Balaban J connectivity index is 1.89. The van der Waals surface area contributed by atoms with E-state index in [1.807, 2.05) is 19.1 Å². The van der Waals surface area contributed by atoms with Crippen molar-refractivity contribution in [2.45, 2.75) is 19.9 Å². The zero-order valence-corrected chi connectivity index (χ0v) is 15.3. The molecular weight excluding hydrogens is 357 g/mol. The normalized spacial score (nSPS) is 12.0. The molecular formula is C18H17ClFN5O. The molecule has 0 bridgehead atoms. The van der Waals surface area contributed by atoms with Gasteiger partial charge < -0.3 is 4.90 Å². The Morgan fingerprint density at radius 3 is 2.77 bits per heavy atom. The van der Waals surface area contributed by atoms with Gasteiger partial charge in [-0.1, -0.05) is 22.9 Å². The number of halogens is 2. The number of carbonyl (C=O) groups excluding carboxylic acids is 1. The summed E-state index contributed by atoms with van der Waals surface area (Å²) in [6.07, 6.45) is 3.40. The van der Waals surface area contributed by atoms with Crippen LogP contribution in [0.3, 0.4) is 0 Å². The Morgan fingerprint density at radius 2 is 2.12 bits per heavy atom. The van der Waals surface area contributed by atoms with Crippen molar-refractivity contribution in [3.05, 3.63) is 70.5 Å². The summed E-state index contributed by atoms with van der Waals surface area (Å²) in [7, 11) is 1.70. The van der Waals surface area contributed by atoms with E-state index in [0.717, 1.165) is 5.56 Å². The minimum Gasteiger partial charge on any atom is -0.333 e. The molecule has 8 heteroatoms. The average Bonchev–Trinajstić information content (AvgIpc) is 3.04. The summed E-state index contributed by atoms with van der Waals surface area (Å²) in [5, 5.41) is 8.01. The molecule has 0 saturated heterocycles. The van der Waals surface area contributed by atoms with Crippen LogP contribution in [0.1, 0.15) is 34.7 Å². The van der Waals surface area contributed by atoms with Crippen LogP contribution in [0.15, 0.2) is 42.7 Å². The van der Waals surface area contributed by atoms with Crippen molar-refractivity contribution in [3.8, 4) is 5.69 Å². The molecule has 3 rings (SSSR count). The molecule has 3 aromatic rings. The topological polar surface area (TPSA) is 63.9 Å². The SMILES string of the molecule is Cc1c(C(=O)N(C)C(C)c2cccnc2)nnn1-c1ccc(F)c(Cl)c1.